The summed E-state index contributed by atoms with van der Waals surface area (Å²) in [6.45, 7) is 15.8. The number of benzene rings is 2. The number of nitrogens with zero attached hydrogens (tertiary/aromatic N) is 1. The van der Waals surface area contributed by atoms with Crippen LogP contribution in [0.2, 0.25) is 0 Å². The summed E-state index contributed by atoms with van der Waals surface area (Å²) >= 11 is 0. The normalized spacial score (nSPS) is 13.0. The second-order valence-corrected chi connectivity index (χ2v) is 9.92. The van der Waals surface area contributed by atoms with Crippen molar-refractivity contribution < 1.29 is 0 Å². The molecule has 0 spiro atoms. The fourth-order valence-corrected chi connectivity index (χ4v) is 4.00. The van der Waals surface area contributed by atoms with Crippen LogP contribution in [0.15, 0.2) is 59.7 Å². The molecule has 0 amide bonds. The lowest BCUT2D eigenvalue weighted by Crippen LogP contribution is -2.28. The van der Waals surface area contributed by atoms with Crippen LogP contribution in [0.5, 0.6) is 0 Å². The minimum Gasteiger partial charge on any atom is -0.371 e. The Morgan fingerprint density at radius 2 is 1.32 bits per heavy atom. The van der Waals surface area contributed by atoms with Gasteiger partial charge in [-0.1, -0.05) is 67.5 Å². The first-order valence-corrected chi connectivity index (χ1v) is 12.3. The molecule has 2 aromatic carbocycles. The van der Waals surface area contributed by atoms with Gasteiger partial charge in [-0.2, -0.15) is 0 Å². The maximum Gasteiger partial charge on any atom is 0.0453 e. The number of hydrogen-bond donors (Lipinski definition) is 0. The molecule has 0 N–H and O–H groups in total. The highest BCUT2D eigenvalue weighted by Gasteiger charge is 2.12. The van der Waals surface area contributed by atoms with Gasteiger partial charge in [-0.3, -0.25) is 0 Å². The molecule has 1 nitrogen and oxygen atoms in total. The lowest BCUT2D eigenvalue weighted by atomic mass is 9.98. The van der Waals surface area contributed by atoms with E-state index in [4.69, 9.17) is 0 Å². The molecule has 0 aliphatic carbocycles. The third-order valence-corrected chi connectivity index (χ3v) is 6.19. The Labute approximate surface area is 192 Å². The van der Waals surface area contributed by atoms with Crippen LogP contribution >= 0.6 is 0 Å². The molecule has 169 valence electrons. The molecule has 1 heteroatoms. The molecule has 0 aliphatic heterocycles. The van der Waals surface area contributed by atoms with Gasteiger partial charge in [0.05, 0.1) is 0 Å². The molecule has 0 heterocycles. The van der Waals surface area contributed by atoms with Crippen LogP contribution < -0.4 is 4.90 Å². The predicted molar refractivity (Wildman–Crippen MR) is 140 cm³/mol. The highest BCUT2D eigenvalue weighted by atomic mass is 15.1. The Balaban J connectivity index is 2.01. The maximum absolute atomic E-state index is 3.70. The van der Waals surface area contributed by atoms with Crippen molar-refractivity contribution in [2.75, 3.05) is 18.0 Å². The zero-order valence-corrected chi connectivity index (χ0v) is 20.9. The Bertz CT molecular complexity index is 804. The van der Waals surface area contributed by atoms with Crippen LogP contribution in [0, 0.1) is 17.9 Å². The molecular weight excluding hydrogens is 374 g/mol. The van der Waals surface area contributed by atoms with E-state index in [9.17, 15) is 0 Å². The van der Waals surface area contributed by atoms with Gasteiger partial charge >= 0.3 is 0 Å². The first-order valence-electron chi connectivity index (χ1n) is 12.3. The molecule has 0 fully saturated rings. The fraction of sp³-hybridized carbons (Fsp3) is 0.533. The summed E-state index contributed by atoms with van der Waals surface area (Å²) in [4.78, 5) is 2.58. The molecule has 2 aromatic rings. The van der Waals surface area contributed by atoms with Crippen molar-refractivity contribution in [1.29, 1.82) is 0 Å². The number of anilines is 1. The highest BCUT2D eigenvalue weighted by Crippen LogP contribution is 2.24. The maximum atomic E-state index is 3.70. The zero-order valence-electron chi connectivity index (χ0n) is 20.9. The van der Waals surface area contributed by atoms with E-state index in [1.54, 1.807) is 0 Å². The Morgan fingerprint density at radius 1 is 0.774 bits per heavy atom. The standard InChI is InChI=1S/C30H44N/c1-24(2)11-9-13-26(5)19-21-31(22-20-27(6)14-10-12-25(3)4)30-18-17-28-15-7-8-16-29(28)23-30/h7-8,11-12,15-18,26-27H,9-10,13-14,19-22H2,1-6H3. The number of hydrogen-bond acceptors (Lipinski definition) is 1. The monoisotopic (exact) mass is 418 g/mol. The summed E-state index contributed by atoms with van der Waals surface area (Å²) < 4.78 is 0. The quantitative estimate of drug-likeness (QED) is 0.293. The number of rotatable bonds is 13. The van der Waals surface area contributed by atoms with Gasteiger partial charge < -0.3 is 4.90 Å². The molecule has 0 saturated carbocycles. The predicted octanol–water partition coefficient (Wildman–Crippen LogP) is 8.99. The first kappa shape index (κ1) is 25.2. The van der Waals surface area contributed by atoms with Crippen LogP contribution in [-0.2, 0) is 0 Å². The second kappa shape index (κ2) is 13.4. The van der Waals surface area contributed by atoms with E-state index in [0.717, 1.165) is 24.9 Å². The van der Waals surface area contributed by atoms with Gasteiger partial charge in [-0.15, -0.1) is 0 Å². The SMILES string of the molecule is CC(C)=CCCC(C)CCN(CCC(C)CCC=C(C)C)c1[c]c2ccccc2cc1. The third-order valence-electron chi connectivity index (χ3n) is 6.19. The lowest BCUT2D eigenvalue weighted by Gasteiger charge is -2.28. The van der Waals surface area contributed by atoms with E-state index in [1.807, 2.05) is 0 Å². The highest BCUT2D eigenvalue weighted by molar-refractivity contribution is 5.85. The van der Waals surface area contributed by atoms with Crippen LogP contribution in [0.1, 0.15) is 80.1 Å². The van der Waals surface area contributed by atoms with Gasteiger partial charge in [0, 0.05) is 24.8 Å². The van der Waals surface area contributed by atoms with Crippen molar-refractivity contribution in [3.63, 3.8) is 0 Å². The molecule has 0 aliphatic rings. The Kier molecular flexibility index (Phi) is 10.9. The van der Waals surface area contributed by atoms with E-state index in [-0.39, 0.29) is 0 Å². The summed E-state index contributed by atoms with van der Waals surface area (Å²) in [7, 11) is 0. The summed E-state index contributed by atoms with van der Waals surface area (Å²) in [5.74, 6) is 1.49. The van der Waals surface area contributed by atoms with Crippen LogP contribution in [0.25, 0.3) is 10.8 Å². The summed E-state index contributed by atoms with van der Waals surface area (Å²) in [6.07, 6.45) is 12.2. The number of allylic oxidation sites excluding steroid dienone is 4. The van der Waals surface area contributed by atoms with Crippen molar-refractivity contribution in [2.24, 2.45) is 11.8 Å². The largest absolute Gasteiger partial charge is 0.371 e. The molecule has 1 radical (unpaired) electrons. The van der Waals surface area contributed by atoms with Gasteiger partial charge in [0.2, 0.25) is 0 Å². The van der Waals surface area contributed by atoms with Gasteiger partial charge in [0.1, 0.15) is 0 Å². The molecule has 31 heavy (non-hydrogen) atoms. The van der Waals surface area contributed by atoms with Crippen molar-refractivity contribution in [3.8, 4) is 0 Å². The van der Waals surface area contributed by atoms with Gasteiger partial charge in [-0.05, 0) is 94.9 Å². The van der Waals surface area contributed by atoms with Crippen LogP contribution in [0.4, 0.5) is 5.69 Å². The van der Waals surface area contributed by atoms with Gasteiger partial charge in [0.25, 0.3) is 0 Å². The van der Waals surface area contributed by atoms with Crippen molar-refractivity contribution in [1.82, 2.24) is 0 Å². The molecular formula is C30H44N. The van der Waals surface area contributed by atoms with E-state index in [0.29, 0.717) is 0 Å². The van der Waals surface area contributed by atoms with Gasteiger partial charge in [0.15, 0.2) is 0 Å². The minimum atomic E-state index is 0.744. The lowest BCUT2D eigenvalue weighted by molar-refractivity contribution is 0.465. The molecule has 0 saturated heterocycles. The average Bonchev–Trinajstić information content (AvgIpc) is 2.73. The average molecular weight is 419 g/mol. The van der Waals surface area contributed by atoms with E-state index in [2.05, 4.69) is 101 Å². The fourth-order valence-electron chi connectivity index (χ4n) is 4.00. The van der Waals surface area contributed by atoms with Crippen molar-refractivity contribution >= 4 is 16.5 Å². The zero-order chi connectivity index (χ0) is 22.6. The Morgan fingerprint density at radius 3 is 1.87 bits per heavy atom. The molecule has 0 aromatic heterocycles. The first-order chi connectivity index (χ1) is 14.8. The van der Waals surface area contributed by atoms with Crippen molar-refractivity contribution in [3.05, 3.63) is 65.8 Å². The summed E-state index contributed by atoms with van der Waals surface area (Å²) in [5, 5.41) is 2.49. The molecule has 2 rings (SSSR count). The molecule has 0 bridgehead atoms. The molecule has 2 atom stereocenters. The minimum absolute atomic E-state index is 0.744. The van der Waals surface area contributed by atoms with Gasteiger partial charge in [-0.25, -0.2) is 0 Å². The Hall–Kier alpha value is -2.02. The second-order valence-electron chi connectivity index (χ2n) is 9.92. The van der Waals surface area contributed by atoms with Crippen LogP contribution in [0.3, 0.4) is 0 Å². The van der Waals surface area contributed by atoms with E-state index >= 15 is 0 Å². The number of fused-ring (bicyclic) bond motifs is 1. The summed E-state index contributed by atoms with van der Waals surface area (Å²) in [5.41, 5.74) is 4.12. The van der Waals surface area contributed by atoms with Crippen LogP contribution in [-0.4, -0.2) is 13.1 Å². The van der Waals surface area contributed by atoms with E-state index < -0.39 is 0 Å². The third kappa shape index (κ3) is 9.76. The smallest absolute Gasteiger partial charge is 0.0453 e. The van der Waals surface area contributed by atoms with E-state index in [1.165, 1.54) is 66.1 Å². The molecule has 2 unspecified atom stereocenters. The van der Waals surface area contributed by atoms with Crippen molar-refractivity contribution in [2.45, 2.75) is 80.1 Å². The topological polar surface area (TPSA) is 3.24 Å². The summed E-state index contributed by atoms with van der Waals surface area (Å²) in [6, 6.07) is 16.8.